The molecular formula is C22H28N4O2S. The molecule has 0 fully saturated rings. The van der Waals surface area contributed by atoms with Crippen molar-refractivity contribution in [2.24, 2.45) is 0 Å². The smallest absolute Gasteiger partial charge is 0.230 e. The van der Waals surface area contributed by atoms with E-state index >= 15 is 0 Å². The Labute approximate surface area is 176 Å². The highest BCUT2D eigenvalue weighted by Gasteiger charge is 2.12. The third-order valence-electron chi connectivity index (χ3n) is 4.66. The zero-order valence-corrected chi connectivity index (χ0v) is 17.8. The van der Waals surface area contributed by atoms with Gasteiger partial charge in [0.25, 0.3) is 0 Å². The van der Waals surface area contributed by atoms with Gasteiger partial charge in [-0.3, -0.25) is 4.79 Å². The van der Waals surface area contributed by atoms with E-state index in [9.17, 15) is 4.79 Å². The van der Waals surface area contributed by atoms with Crippen LogP contribution < -0.4 is 10.2 Å². The zero-order valence-electron chi connectivity index (χ0n) is 17.0. The number of amides is 1. The predicted octanol–water partition coefficient (Wildman–Crippen LogP) is 3.42. The molecule has 2 aromatic carbocycles. The number of nitrogens with zero attached hydrogens (tertiary/aromatic N) is 3. The van der Waals surface area contributed by atoms with Crippen LogP contribution in [0.4, 0.5) is 5.69 Å². The van der Waals surface area contributed by atoms with Crippen molar-refractivity contribution >= 4 is 34.4 Å². The largest absolute Gasteiger partial charge is 0.383 e. The number of hydrogen-bond acceptors (Lipinski definition) is 5. The second-order valence-electron chi connectivity index (χ2n) is 6.78. The van der Waals surface area contributed by atoms with E-state index in [1.54, 1.807) is 7.11 Å². The zero-order chi connectivity index (χ0) is 20.5. The fourth-order valence-corrected chi connectivity index (χ4v) is 3.97. The molecule has 0 radical (unpaired) electrons. The maximum atomic E-state index is 12.3. The van der Waals surface area contributed by atoms with E-state index in [2.05, 4.69) is 38.9 Å². The van der Waals surface area contributed by atoms with Gasteiger partial charge in [0.1, 0.15) is 0 Å². The minimum atomic E-state index is 0.0303. The van der Waals surface area contributed by atoms with Crippen molar-refractivity contribution in [2.45, 2.75) is 18.1 Å². The van der Waals surface area contributed by atoms with Crippen LogP contribution in [0.3, 0.4) is 0 Å². The molecule has 1 heterocycles. The monoisotopic (exact) mass is 412 g/mol. The first kappa shape index (κ1) is 21.2. The van der Waals surface area contributed by atoms with Crippen LogP contribution in [0, 0.1) is 0 Å². The van der Waals surface area contributed by atoms with Crippen molar-refractivity contribution in [2.75, 3.05) is 44.5 Å². The summed E-state index contributed by atoms with van der Waals surface area (Å²) in [5, 5.41) is 3.86. The Balaban J connectivity index is 1.45. The number of carbonyl (C=O) groups is 1. The van der Waals surface area contributed by atoms with Crippen LogP contribution in [0.1, 0.15) is 6.42 Å². The van der Waals surface area contributed by atoms with E-state index < -0.39 is 0 Å². The Morgan fingerprint density at radius 3 is 2.72 bits per heavy atom. The van der Waals surface area contributed by atoms with Crippen LogP contribution in [0.5, 0.6) is 0 Å². The number of ether oxygens (including phenoxy) is 1. The lowest BCUT2D eigenvalue weighted by atomic mass is 10.3. The SMILES string of the molecule is COCCn1c(SCC(=O)NCCCN(C)c2ccccc2)nc2ccccc21. The summed E-state index contributed by atoms with van der Waals surface area (Å²) in [5.41, 5.74) is 3.19. The van der Waals surface area contributed by atoms with Gasteiger partial charge in [-0.15, -0.1) is 0 Å². The topological polar surface area (TPSA) is 59.4 Å². The van der Waals surface area contributed by atoms with Crippen LogP contribution in [0.2, 0.25) is 0 Å². The van der Waals surface area contributed by atoms with Crippen molar-refractivity contribution in [1.29, 1.82) is 0 Å². The molecule has 29 heavy (non-hydrogen) atoms. The number of imidazole rings is 1. The average molecular weight is 413 g/mol. The summed E-state index contributed by atoms with van der Waals surface area (Å²) in [7, 11) is 3.76. The summed E-state index contributed by atoms with van der Waals surface area (Å²) in [5.74, 6) is 0.382. The summed E-state index contributed by atoms with van der Waals surface area (Å²) < 4.78 is 7.34. The van der Waals surface area contributed by atoms with Gasteiger partial charge in [0.15, 0.2) is 5.16 Å². The molecule has 0 saturated heterocycles. The molecule has 0 bridgehead atoms. The van der Waals surface area contributed by atoms with Crippen LogP contribution in [-0.2, 0) is 16.1 Å². The molecule has 0 atom stereocenters. The maximum Gasteiger partial charge on any atom is 0.230 e. The van der Waals surface area contributed by atoms with Gasteiger partial charge in [0.2, 0.25) is 5.91 Å². The normalized spacial score (nSPS) is 11.0. The van der Waals surface area contributed by atoms with Gasteiger partial charge in [-0.1, -0.05) is 42.1 Å². The fraction of sp³-hybridized carbons (Fsp3) is 0.364. The Bertz CT molecular complexity index is 914. The molecule has 1 aromatic heterocycles. The fourth-order valence-electron chi connectivity index (χ4n) is 3.10. The second-order valence-corrected chi connectivity index (χ2v) is 7.72. The Morgan fingerprint density at radius 1 is 1.17 bits per heavy atom. The molecule has 7 heteroatoms. The Hall–Kier alpha value is -2.51. The molecule has 3 aromatic rings. The molecule has 0 aliphatic heterocycles. The molecule has 1 amide bonds. The molecule has 0 saturated carbocycles. The first-order valence-corrected chi connectivity index (χ1v) is 10.8. The van der Waals surface area contributed by atoms with Gasteiger partial charge in [-0.25, -0.2) is 4.98 Å². The van der Waals surface area contributed by atoms with E-state index in [4.69, 9.17) is 4.74 Å². The number of rotatable bonds is 11. The van der Waals surface area contributed by atoms with Gasteiger partial charge in [-0.05, 0) is 30.7 Å². The lowest BCUT2D eigenvalue weighted by molar-refractivity contribution is -0.118. The number of thioether (sulfide) groups is 1. The Kier molecular flexibility index (Phi) is 7.95. The molecule has 1 N–H and O–H groups in total. The summed E-state index contributed by atoms with van der Waals surface area (Å²) >= 11 is 1.47. The number of carbonyl (C=O) groups excluding carboxylic acids is 1. The number of hydrogen-bond donors (Lipinski definition) is 1. The highest BCUT2D eigenvalue weighted by Crippen LogP contribution is 2.23. The standard InChI is InChI=1S/C22H28N4O2S/c1-25(18-9-4-3-5-10-18)14-8-13-23-21(27)17-29-22-24-19-11-6-7-12-20(19)26(22)15-16-28-2/h3-7,9-12H,8,13-17H2,1-2H3,(H,23,27). The molecule has 0 unspecified atom stereocenters. The molecule has 0 aliphatic carbocycles. The number of anilines is 1. The van der Waals surface area contributed by atoms with Gasteiger partial charge < -0.3 is 19.5 Å². The van der Waals surface area contributed by atoms with E-state index in [0.29, 0.717) is 25.4 Å². The van der Waals surface area contributed by atoms with E-state index in [-0.39, 0.29) is 5.91 Å². The number of benzene rings is 2. The Morgan fingerprint density at radius 2 is 1.93 bits per heavy atom. The maximum absolute atomic E-state index is 12.3. The van der Waals surface area contributed by atoms with Gasteiger partial charge in [0, 0.05) is 39.5 Å². The molecule has 3 rings (SSSR count). The molecular weight excluding hydrogens is 384 g/mol. The first-order valence-electron chi connectivity index (χ1n) is 9.79. The molecule has 0 spiro atoms. The van der Waals surface area contributed by atoms with Gasteiger partial charge in [0.05, 0.1) is 23.4 Å². The number of aromatic nitrogens is 2. The summed E-state index contributed by atoms with van der Waals surface area (Å²) in [6.45, 7) is 2.88. The number of para-hydroxylation sites is 3. The number of nitrogens with one attached hydrogen (secondary N) is 1. The van der Waals surface area contributed by atoms with E-state index in [1.165, 1.54) is 17.4 Å². The van der Waals surface area contributed by atoms with E-state index in [1.807, 2.05) is 42.5 Å². The quantitative estimate of drug-likeness (QED) is 0.386. The van der Waals surface area contributed by atoms with Crippen molar-refractivity contribution in [3.05, 3.63) is 54.6 Å². The summed E-state index contributed by atoms with van der Waals surface area (Å²) in [6, 6.07) is 18.3. The summed E-state index contributed by atoms with van der Waals surface area (Å²) in [6.07, 6.45) is 0.897. The van der Waals surface area contributed by atoms with Gasteiger partial charge in [-0.2, -0.15) is 0 Å². The van der Waals surface area contributed by atoms with Crippen molar-refractivity contribution in [3.8, 4) is 0 Å². The second kappa shape index (κ2) is 10.9. The third-order valence-corrected chi connectivity index (χ3v) is 5.64. The third kappa shape index (κ3) is 5.98. The first-order chi connectivity index (χ1) is 14.2. The lowest BCUT2D eigenvalue weighted by Gasteiger charge is -2.19. The van der Waals surface area contributed by atoms with Crippen LogP contribution in [0.15, 0.2) is 59.8 Å². The van der Waals surface area contributed by atoms with Crippen LogP contribution >= 0.6 is 11.8 Å². The number of methoxy groups -OCH3 is 1. The van der Waals surface area contributed by atoms with Crippen molar-refractivity contribution in [3.63, 3.8) is 0 Å². The highest BCUT2D eigenvalue weighted by atomic mass is 32.2. The molecule has 0 aliphatic rings. The summed E-state index contributed by atoms with van der Waals surface area (Å²) in [4.78, 5) is 19.1. The average Bonchev–Trinajstić information content (AvgIpc) is 3.11. The van der Waals surface area contributed by atoms with Crippen molar-refractivity contribution in [1.82, 2.24) is 14.9 Å². The molecule has 6 nitrogen and oxygen atoms in total. The van der Waals surface area contributed by atoms with Crippen LogP contribution in [-0.4, -0.2) is 55.1 Å². The minimum absolute atomic E-state index is 0.0303. The molecule has 154 valence electrons. The number of fused-ring (bicyclic) bond motifs is 1. The van der Waals surface area contributed by atoms with Crippen molar-refractivity contribution < 1.29 is 9.53 Å². The lowest BCUT2D eigenvalue weighted by Crippen LogP contribution is -2.29. The van der Waals surface area contributed by atoms with E-state index in [0.717, 1.165) is 29.2 Å². The van der Waals surface area contributed by atoms with Crippen LogP contribution in [0.25, 0.3) is 11.0 Å². The highest BCUT2D eigenvalue weighted by molar-refractivity contribution is 7.99. The minimum Gasteiger partial charge on any atom is -0.383 e. The van der Waals surface area contributed by atoms with Gasteiger partial charge >= 0.3 is 0 Å². The predicted molar refractivity (Wildman–Crippen MR) is 120 cm³/mol.